The largest absolute Gasteiger partial charge is 0.481 e. The average Bonchev–Trinajstić information content (AvgIpc) is 2.35. The lowest BCUT2D eigenvalue weighted by Gasteiger charge is -2.26. The summed E-state index contributed by atoms with van der Waals surface area (Å²) in [6.07, 6.45) is 4.41. The molecule has 0 unspecified atom stereocenters. The fraction of sp³-hybridized carbons (Fsp3) is 0.769. The Bertz CT molecular complexity index is 344. The van der Waals surface area contributed by atoms with E-state index in [9.17, 15) is 14.4 Å². The second-order valence-electron chi connectivity index (χ2n) is 4.94. The van der Waals surface area contributed by atoms with Gasteiger partial charge >= 0.3 is 5.97 Å². The molecular weight excluding hydrogens is 248 g/mol. The first-order valence-corrected chi connectivity index (χ1v) is 6.74. The third-order valence-electron chi connectivity index (χ3n) is 3.33. The van der Waals surface area contributed by atoms with Gasteiger partial charge in [0.05, 0.1) is 13.0 Å². The number of hydrogen-bond acceptors (Lipinski definition) is 3. The van der Waals surface area contributed by atoms with Gasteiger partial charge in [-0.2, -0.15) is 0 Å². The minimum atomic E-state index is -0.929. The molecule has 1 aliphatic heterocycles. The minimum Gasteiger partial charge on any atom is -0.481 e. The third-order valence-corrected chi connectivity index (χ3v) is 3.33. The van der Waals surface area contributed by atoms with Crippen LogP contribution in [0, 0.1) is 0 Å². The lowest BCUT2D eigenvalue weighted by atomic mass is 10.1. The number of likely N-dealkylation sites (tertiary alicyclic amines) is 1. The van der Waals surface area contributed by atoms with Crippen LogP contribution in [0.1, 0.15) is 38.5 Å². The van der Waals surface area contributed by atoms with Gasteiger partial charge in [-0.3, -0.25) is 14.4 Å². The Morgan fingerprint density at radius 1 is 1.26 bits per heavy atom. The fourth-order valence-electron chi connectivity index (χ4n) is 2.05. The molecule has 108 valence electrons. The van der Waals surface area contributed by atoms with E-state index in [2.05, 4.69) is 0 Å². The lowest BCUT2D eigenvalue weighted by Crippen LogP contribution is -2.42. The lowest BCUT2D eigenvalue weighted by molar-refractivity contribution is -0.142. The molecule has 1 heterocycles. The highest BCUT2D eigenvalue weighted by molar-refractivity contribution is 5.85. The van der Waals surface area contributed by atoms with Crippen molar-refractivity contribution in [3.63, 3.8) is 0 Å². The number of carboxylic acids is 1. The van der Waals surface area contributed by atoms with Crippen molar-refractivity contribution in [1.82, 2.24) is 9.80 Å². The highest BCUT2D eigenvalue weighted by atomic mass is 16.4. The number of nitrogens with zero attached hydrogens (tertiary/aromatic N) is 2. The summed E-state index contributed by atoms with van der Waals surface area (Å²) in [7, 11) is 1.57. The minimum absolute atomic E-state index is 0.0275. The summed E-state index contributed by atoms with van der Waals surface area (Å²) in [6, 6.07) is 0. The fourth-order valence-corrected chi connectivity index (χ4v) is 2.05. The van der Waals surface area contributed by atoms with Crippen LogP contribution in [0.4, 0.5) is 0 Å². The van der Waals surface area contributed by atoms with Crippen LogP contribution in [0.2, 0.25) is 0 Å². The maximum Gasteiger partial charge on any atom is 0.305 e. The number of aliphatic carboxylic acids is 1. The summed E-state index contributed by atoms with van der Waals surface area (Å²) in [6.45, 7) is 0.864. The SMILES string of the molecule is CN(CCC(=O)O)C(=O)CN1CCCCCCC1=O. The highest BCUT2D eigenvalue weighted by Crippen LogP contribution is 2.11. The zero-order valence-corrected chi connectivity index (χ0v) is 11.4. The number of carbonyl (C=O) groups is 3. The summed E-state index contributed by atoms with van der Waals surface area (Å²) in [5.74, 6) is -1.10. The number of carbonyl (C=O) groups excluding carboxylic acids is 2. The molecule has 1 saturated heterocycles. The van der Waals surface area contributed by atoms with Crippen LogP contribution in [0.25, 0.3) is 0 Å². The molecule has 0 radical (unpaired) electrons. The number of hydrogen-bond donors (Lipinski definition) is 1. The topological polar surface area (TPSA) is 77.9 Å². The highest BCUT2D eigenvalue weighted by Gasteiger charge is 2.20. The van der Waals surface area contributed by atoms with E-state index >= 15 is 0 Å². The molecule has 0 aromatic heterocycles. The Morgan fingerprint density at radius 2 is 1.95 bits per heavy atom. The quantitative estimate of drug-likeness (QED) is 0.798. The molecule has 6 heteroatoms. The van der Waals surface area contributed by atoms with Crippen molar-refractivity contribution in [1.29, 1.82) is 0 Å². The molecule has 0 aromatic carbocycles. The summed E-state index contributed by atoms with van der Waals surface area (Å²) in [5.41, 5.74) is 0. The molecule has 0 saturated carbocycles. The molecule has 1 fully saturated rings. The molecule has 1 N–H and O–H groups in total. The van der Waals surface area contributed by atoms with Gasteiger partial charge in [0, 0.05) is 26.6 Å². The van der Waals surface area contributed by atoms with Gasteiger partial charge in [-0.25, -0.2) is 0 Å². The monoisotopic (exact) mass is 270 g/mol. The van der Waals surface area contributed by atoms with Gasteiger partial charge in [0.25, 0.3) is 0 Å². The van der Waals surface area contributed by atoms with Crippen LogP contribution in [0.15, 0.2) is 0 Å². The van der Waals surface area contributed by atoms with Crippen LogP contribution in [0.3, 0.4) is 0 Å². The van der Waals surface area contributed by atoms with Crippen molar-refractivity contribution < 1.29 is 19.5 Å². The standard InChI is InChI=1S/C13H22N2O4/c1-14(9-7-13(18)19)12(17)10-15-8-5-3-2-4-6-11(15)16/h2-10H2,1H3,(H,18,19). The Kier molecular flexibility index (Phi) is 6.32. The molecule has 0 spiro atoms. The van der Waals surface area contributed by atoms with E-state index in [-0.39, 0.29) is 31.3 Å². The van der Waals surface area contributed by atoms with Gasteiger partial charge in [0.1, 0.15) is 0 Å². The van der Waals surface area contributed by atoms with Crippen LogP contribution < -0.4 is 0 Å². The normalized spacial score (nSPS) is 16.7. The molecule has 19 heavy (non-hydrogen) atoms. The summed E-state index contributed by atoms with van der Waals surface area (Å²) in [5, 5.41) is 8.57. The second-order valence-corrected chi connectivity index (χ2v) is 4.94. The van der Waals surface area contributed by atoms with Crippen LogP contribution in [-0.4, -0.2) is 59.4 Å². The molecule has 2 amide bonds. The summed E-state index contributed by atoms with van der Waals surface area (Å²) >= 11 is 0. The molecule has 1 aliphatic rings. The zero-order chi connectivity index (χ0) is 14.3. The summed E-state index contributed by atoms with van der Waals surface area (Å²) in [4.78, 5) is 37.2. The Morgan fingerprint density at radius 3 is 2.63 bits per heavy atom. The Labute approximate surface area is 113 Å². The molecule has 1 rings (SSSR count). The van der Waals surface area contributed by atoms with E-state index in [0.29, 0.717) is 13.0 Å². The third kappa shape index (κ3) is 5.72. The predicted octanol–water partition coefficient (Wildman–Crippen LogP) is 0.712. The van der Waals surface area contributed by atoms with E-state index < -0.39 is 5.97 Å². The predicted molar refractivity (Wildman–Crippen MR) is 69.6 cm³/mol. The van der Waals surface area contributed by atoms with Crippen molar-refractivity contribution in [3.05, 3.63) is 0 Å². The molecule has 6 nitrogen and oxygen atoms in total. The molecule has 0 bridgehead atoms. The maximum absolute atomic E-state index is 11.9. The zero-order valence-electron chi connectivity index (χ0n) is 11.4. The van der Waals surface area contributed by atoms with Crippen LogP contribution in [0.5, 0.6) is 0 Å². The van der Waals surface area contributed by atoms with Gasteiger partial charge in [-0.1, -0.05) is 12.8 Å². The van der Waals surface area contributed by atoms with Gasteiger partial charge in [-0.15, -0.1) is 0 Å². The second kappa shape index (κ2) is 7.76. The Balaban J connectivity index is 2.43. The van der Waals surface area contributed by atoms with Crippen LogP contribution >= 0.6 is 0 Å². The number of carboxylic acid groups (broad SMARTS) is 1. The van der Waals surface area contributed by atoms with E-state index in [1.165, 1.54) is 4.90 Å². The van der Waals surface area contributed by atoms with Crippen molar-refractivity contribution in [3.8, 4) is 0 Å². The van der Waals surface area contributed by atoms with Gasteiger partial charge in [0.15, 0.2) is 0 Å². The average molecular weight is 270 g/mol. The van der Waals surface area contributed by atoms with E-state index in [4.69, 9.17) is 5.11 Å². The van der Waals surface area contributed by atoms with Crippen molar-refractivity contribution in [2.75, 3.05) is 26.7 Å². The van der Waals surface area contributed by atoms with E-state index in [1.54, 1.807) is 11.9 Å². The molecule has 0 aromatic rings. The summed E-state index contributed by atoms with van der Waals surface area (Å²) < 4.78 is 0. The van der Waals surface area contributed by atoms with Crippen molar-refractivity contribution in [2.24, 2.45) is 0 Å². The first kappa shape index (κ1) is 15.5. The van der Waals surface area contributed by atoms with Crippen LogP contribution in [-0.2, 0) is 14.4 Å². The molecule has 0 aliphatic carbocycles. The number of amides is 2. The molecular formula is C13H22N2O4. The smallest absolute Gasteiger partial charge is 0.305 e. The first-order chi connectivity index (χ1) is 9.00. The van der Waals surface area contributed by atoms with E-state index in [1.807, 2.05) is 0 Å². The van der Waals surface area contributed by atoms with Gasteiger partial charge in [-0.05, 0) is 12.8 Å². The Hall–Kier alpha value is -1.59. The number of likely N-dealkylation sites (N-methyl/N-ethyl adjacent to an activating group) is 1. The number of rotatable bonds is 5. The van der Waals surface area contributed by atoms with Gasteiger partial charge in [0.2, 0.25) is 11.8 Å². The van der Waals surface area contributed by atoms with E-state index in [0.717, 1.165) is 25.7 Å². The maximum atomic E-state index is 11.9. The van der Waals surface area contributed by atoms with Crippen molar-refractivity contribution >= 4 is 17.8 Å². The molecule has 0 atom stereocenters. The first-order valence-electron chi connectivity index (χ1n) is 6.74. The van der Waals surface area contributed by atoms with Gasteiger partial charge < -0.3 is 14.9 Å². The van der Waals surface area contributed by atoms with Crippen molar-refractivity contribution in [2.45, 2.75) is 38.5 Å².